The van der Waals surface area contributed by atoms with Crippen LogP contribution in [0.5, 0.6) is 0 Å². The van der Waals surface area contributed by atoms with Gasteiger partial charge in [0.2, 0.25) is 5.91 Å². The molecule has 3 heteroatoms. The zero-order valence-corrected chi connectivity index (χ0v) is 8.87. The fourth-order valence-corrected chi connectivity index (χ4v) is 1.28. The highest BCUT2D eigenvalue weighted by molar-refractivity contribution is 5.80. The minimum atomic E-state index is -0.295. The average molecular weight is 185 g/mol. The highest BCUT2D eigenvalue weighted by Gasteiger charge is 2.35. The molecule has 1 heterocycles. The maximum atomic E-state index is 11.7. The van der Waals surface area contributed by atoms with Crippen LogP contribution in [0.4, 0.5) is 0 Å². The Kier molecular flexibility index (Phi) is 2.66. The summed E-state index contributed by atoms with van der Waals surface area (Å²) in [5, 5.41) is 9.06. The summed E-state index contributed by atoms with van der Waals surface area (Å²) in [6, 6.07) is 0. The third-order valence-electron chi connectivity index (χ3n) is 2.84. The third-order valence-corrected chi connectivity index (χ3v) is 2.84. The Bertz CT molecular complexity index is 201. The van der Waals surface area contributed by atoms with Gasteiger partial charge in [0.15, 0.2) is 0 Å². The van der Waals surface area contributed by atoms with Crippen molar-refractivity contribution in [2.24, 2.45) is 11.3 Å². The molecule has 1 aliphatic heterocycles. The molecule has 1 fully saturated rings. The Morgan fingerprint density at radius 3 is 2.23 bits per heavy atom. The lowest BCUT2D eigenvalue weighted by Crippen LogP contribution is -2.56. The first-order valence-electron chi connectivity index (χ1n) is 4.79. The zero-order valence-electron chi connectivity index (χ0n) is 8.87. The van der Waals surface area contributed by atoms with Crippen molar-refractivity contribution < 1.29 is 9.90 Å². The van der Waals surface area contributed by atoms with E-state index >= 15 is 0 Å². The number of rotatable bonds is 1. The summed E-state index contributed by atoms with van der Waals surface area (Å²) in [6.07, 6.45) is -0.295. The van der Waals surface area contributed by atoms with Crippen LogP contribution in [0.15, 0.2) is 0 Å². The van der Waals surface area contributed by atoms with E-state index in [-0.39, 0.29) is 23.3 Å². The number of likely N-dealkylation sites (tertiary alicyclic amines) is 1. The van der Waals surface area contributed by atoms with Gasteiger partial charge in [-0.3, -0.25) is 4.79 Å². The van der Waals surface area contributed by atoms with Crippen molar-refractivity contribution in [3.8, 4) is 0 Å². The van der Waals surface area contributed by atoms with E-state index < -0.39 is 0 Å². The molecule has 3 nitrogen and oxygen atoms in total. The lowest BCUT2D eigenvalue weighted by molar-refractivity contribution is -0.148. The van der Waals surface area contributed by atoms with Crippen LogP contribution in [0.1, 0.15) is 27.7 Å². The van der Waals surface area contributed by atoms with Crippen molar-refractivity contribution in [2.45, 2.75) is 33.8 Å². The molecule has 0 spiro atoms. The summed E-state index contributed by atoms with van der Waals surface area (Å²) in [4.78, 5) is 13.5. The first-order chi connectivity index (χ1) is 5.82. The van der Waals surface area contributed by atoms with Gasteiger partial charge in [0, 0.05) is 19.0 Å². The number of amides is 1. The van der Waals surface area contributed by atoms with Gasteiger partial charge in [-0.05, 0) is 5.41 Å². The van der Waals surface area contributed by atoms with Crippen LogP contribution in [0.2, 0.25) is 0 Å². The lowest BCUT2D eigenvalue weighted by Gasteiger charge is -2.40. The van der Waals surface area contributed by atoms with E-state index in [1.165, 1.54) is 0 Å². The van der Waals surface area contributed by atoms with Crippen LogP contribution in [0.3, 0.4) is 0 Å². The number of hydrogen-bond acceptors (Lipinski definition) is 2. The highest BCUT2D eigenvalue weighted by Crippen LogP contribution is 2.28. The molecule has 1 saturated heterocycles. The van der Waals surface area contributed by atoms with Crippen molar-refractivity contribution in [1.82, 2.24) is 4.90 Å². The third kappa shape index (κ3) is 2.21. The minimum absolute atomic E-state index is 0.0115. The zero-order chi connectivity index (χ0) is 10.2. The molecular weight excluding hydrogens is 166 g/mol. The number of aliphatic hydroxyl groups excluding tert-OH is 1. The first kappa shape index (κ1) is 10.5. The standard InChI is InChI=1S/C10H19NO2/c1-7(10(2,3)4)9(13)11-5-8(12)6-11/h7-8,12H,5-6H2,1-4H3. The molecule has 0 saturated carbocycles. The summed E-state index contributed by atoms with van der Waals surface area (Å²) in [7, 11) is 0. The molecule has 1 amide bonds. The highest BCUT2D eigenvalue weighted by atomic mass is 16.3. The van der Waals surface area contributed by atoms with Crippen LogP contribution >= 0.6 is 0 Å². The largest absolute Gasteiger partial charge is 0.389 e. The van der Waals surface area contributed by atoms with Gasteiger partial charge in [-0.25, -0.2) is 0 Å². The number of carbonyl (C=O) groups is 1. The van der Waals surface area contributed by atoms with Gasteiger partial charge in [-0.15, -0.1) is 0 Å². The van der Waals surface area contributed by atoms with Crippen molar-refractivity contribution in [3.63, 3.8) is 0 Å². The second-order valence-corrected chi connectivity index (χ2v) is 4.98. The van der Waals surface area contributed by atoms with Crippen molar-refractivity contribution in [2.75, 3.05) is 13.1 Å². The van der Waals surface area contributed by atoms with E-state index in [1.807, 2.05) is 6.92 Å². The van der Waals surface area contributed by atoms with E-state index in [4.69, 9.17) is 5.11 Å². The fraction of sp³-hybridized carbons (Fsp3) is 0.900. The van der Waals surface area contributed by atoms with Crippen LogP contribution in [0.25, 0.3) is 0 Å². The molecule has 1 N–H and O–H groups in total. The molecule has 0 aliphatic carbocycles. The summed E-state index contributed by atoms with van der Waals surface area (Å²) < 4.78 is 0. The summed E-state index contributed by atoms with van der Waals surface area (Å²) in [5.74, 6) is 0.192. The van der Waals surface area contributed by atoms with Crippen LogP contribution in [0, 0.1) is 11.3 Å². The maximum absolute atomic E-state index is 11.7. The summed E-state index contributed by atoms with van der Waals surface area (Å²) in [5.41, 5.74) is 0.0115. The number of β-amino-alcohol motifs (C(OH)–C–C–N with tert-alkyl or cyclic N) is 1. The Labute approximate surface area is 79.7 Å². The predicted molar refractivity (Wildman–Crippen MR) is 51.2 cm³/mol. The Morgan fingerprint density at radius 1 is 1.46 bits per heavy atom. The maximum Gasteiger partial charge on any atom is 0.226 e. The van der Waals surface area contributed by atoms with Gasteiger partial charge in [-0.2, -0.15) is 0 Å². The quantitative estimate of drug-likeness (QED) is 0.658. The normalized spacial score (nSPS) is 21.2. The Hall–Kier alpha value is -0.570. The molecule has 0 bridgehead atoms. The Morgan fingerprint density at radius 2 is 1.92 bits per heavy atom. The molecule has 1 rings (SSSR count). The molecule has 76 valence electrons. The molecule has 13 heavy (non-hydrogen) atoms. The van der Waals surface area contributed by atoms with Gasteiger partial charge in [-0.1, -0.05) is 27.7 Å². The summed E-state index contributed by atoms with van der Waals surface area (Å²) in [6.45, 7) is 9.16. The number of hydrogen-bond donors (Lipinski definition) is 1. The van der Waals surface area contributed by atoms with Crippen molar-refractivity contribution in [3.05, 3.63) is 0 Å². The molecular formula is C10H19NO2. The fourth-order valence-electron chi connectivity index (χ4n) is 1.28. The van der Waals surface area contributed by atoms with Gasteiger partial charge in [0.05, 0.1) is 6.10 Å². The van der Waals surface area contributed by atoms with E-state index in [9.17, 15) is 4.79 Å². The van der Waals surface area contributed by atoms with Gasteiger partial charge >= 0.3 is 0 Å². The van der Waals surface area contributed by atoms with E-state index in [0.29, 0.717) is 13.1 Å². The molecule has 1 aliphatic rings. The minimum Gasteiger partial charge on any atom is -0.389 e. The smallest absolute Gasteiger partial charge is 0.226 e. The molecule has 0 aromatic rings. The molecule has 0 aromatic carbocycles. The molecule has 1 atom stereocenters. The second kappa shape index (κ2) is 3.29. The van der Waals surface area contributed by atoms with Crippen LogP contribution in [-0.4, -0.2) is 35.1 Å². The average Bonchev–Trinajstić information content (AvgIpc) is 1.94. The monoisotopic (exact) mass is 185 g/mol. The number of aliphatic hydroxyl groups is 1. The van der Waals surface area contributed by atoms with Crippen LogP contribution < -0.4 is 0 Å². The SMILES string of the molecule is CC(C(=O)N1CC(O)C1)C(C)(C)C. The molecule has 1 unspecified atom stereocenters. The number of nitrogens with zero attached hydrogens (tertiary/aromatic N) is 1. The van der Waals surface area contributed by atoms with Crippen molar-refractivity contribution in [1.29, 1.82) is 0 Å². The van der Waals surface area contributed by atoms with Gasteiger partial charge in [0.1, 0.15) is 0 Å². The summed E-state index contributed by atoms with van der Waals surface area (Å²) >= 11 is 0. The van der Waals surface area contributed by atoms with Crippen molar-refractivity contribution >= 4 is 5.91 Å². The van der Waals surface area contributed by atoms with Gasteiger partial charge in [0.25, 0.3) is 0 Å². The molecule has 0 aromatic heterocycles. The van der Waals surface area contributed by atoms with E-state index in [0.717, 1.165) is 0 Å². The van der Waals surface area contributed by atoms with Crippen LogP contribution in [-0.2, 0) is 4.79 Å². The molecule has 0 radical (unpaired) electrons. The first-order valence-corrected chi connectivity index (χ1v) is 4.79. The van der Waals surface area contributed by atoms with Gasteiger partial charge < -0.3 is 10.0 Å². The number of carbonyl (C=O) groups excluding carboxylic acids is 1. The van der Waals surface area contributed by atoms with E-state index in [1.54, 1.807) is 4.90 Å². The topological polar surface area (TPSA) is 40.5 Å². The lowest BCUT2D eigenvalue weighted by atomic mass is 9.81. The predicted octanol–water partition coefficient (Wildman–Crippen LogP) is 0.872. The second-order valence-electron chi connectivity index (χ2n) is 4.98. The Balaban J connectivity index is 2.49. The van der Waals surface area contributed by atoms with E-state index in [2.05, 4.69) is 20.8 Å².